The van der Waals surface area contributed by atoms with Crippen LogP contribution < -0.4 is 10.1 Å². The summed E-state index contributed by atoms with van der Waals surface area (Å²) in [5.74, 6) is 0.634. The summed E-state index contributed by atoms with van der Waals surface area (Å²) in [5, 5.41) is 3.03. The first-order valence-corrected chi connectivity index (χ1v) is 7.98. The lowest BCUT2D eigenvalue weighted by Crippen LogP contribution is -2.38. The molecule has 0 aliphatic carbocycles. The van der Waals surface area contributed by atoms with Crippen molar-refractivity contribution in [1.82, 2.24) is 5.32 Å². The molecule has 0 saturated heterocycles. The van der Waals surface area contributed by atoms with Crippen molar-refractivity contribution >= 4 is 5.91 Å². The van der Waals surface area contributed by atoms with Gasteiger partial charge in [-0.3, -0.25) is 4.79 Å². The zero-order chi connectivity index (χ0) is 17.0. The van der Waals surface area contributed by atoms with Gasteiger partial charge in [-0.05, 0) is 57.4 Å². The van der Waals surface area contributed by atoms with E-state index in [0.717, 1.165) is 16.9 Å². The first-order valence-electron chi connectivity index (χ1n) is 7.98. The lowest BCUT2D eigenvalue weighted by atomic mass is 10.00. The van der Waals surface area contributed by atoms with Gasteiger partial charge in [0.1, 0.15) is 5.75 Å². The molecule has 2 aromatic carbocycles. The number of amides is 1. The van der Waals surface area contributed by atoms with E-state index in [1.165, 1.54) is 11.1 Å². The van der Waals surface area contributed by atoms with Crippen molar-refractivity contribution in [2.45, 2.75) is 46.8 Å². The Morgan fingerprint density at radius 1 is 1.00 bits per heavy atom. The second-order valence-electron chi connectivity index (χ2n) is 6.12. The predicted octanol–water partition coefficient (Wildman–Crippen LogP) is 4.26. The fourth-order valence-corrected chi connectivity index (χ4v) is 2.65. The molecule has 0 unspecified atom stereocenters. The van der Waals surface area contributed by atoms with Gasteiger partial charge in [0.05, 0.1) is 6.04 Å². The highest BCUT2D eigenvalue weighted by molar-refractivity contribution is 5.81. The summed E-state index contributed by atoms with van der Waals surface area (Å²) in [6.07, 6.45) is -0.538. The van der Waals surface area contributed by atoms with Gasteiger partial charge in [0.2, 0.25) is 0 Å². The molecule has 0 radical (unpaired) electrons. The molecule has 0 heterocycles. The fraction of sp³-hybridized carbons (Fsp3) is 0.350. The summed E-state index contributed by atoms with van der Waals surface area (Å²) in [6.45, 7) is 9.88. The highest BCUT2D eigenvalue weighted by atomic mass is 16.5. The van der Waals surface area contributed by atoms with Gasteiger partial charge in [-0.15, -0.1) is 0 Å². The monoisotopic (exact) mass is 311 g/mol. The highest BCUT2D eigenvalue weighted by Gasteiger charge is 2.19. The molecule has 0 aliphatic rings. The molecule has 1 amide bonds. The topological polar surface area (TPSA) is 38.3 Å². The Balaban J connectivity index is 2.01. The van der Waals surface area contributed by atoms with Crippen LogP contribution in [-0.4, -0.2) is 12.0 Å². The molecular weight excluding hydrogens is 286 g/mol. The molecule has 122 valence electrons. The molecular formula is C20H25NO2. The molecule has 3 heteroatoms. The van der Waals surface area contributed by atoms with Crippen molar-refractivity contribution in [3.05, 3.63) is 64.7 Å². The van der Waals surface area contributed by atoms with E-state index in [1.54, 1.807) is 6.92 Å². The maximum atomic E-state index is 12.4. The fourth-order valence-electron chi connectivity index (χ4n) is 2.65. The Morgan fingerprint density at radius 3 is 2.35 bits per heavy atom. The first kappa shape index (κ1) is 17.1. The lowest BCUT2D eigenvalue weighted by Gasteiger charge is -2.21. The van der Waals surface area contributed by atoms with E-state index < -0.39 is 6.10 Å². The van der Waals surface area contributed by atoms with E-state index in [2.05, 4.69) is 37.4 Å². The Bertz CT molecular complexity index is 694. The molecule has 23 heavy (non-hydrogen) atoms. The van der Waals surface area contributed by atoms with Crippen LogP contribution in [0.15, 0.2) is 42.5 Å². The normalized spacial score (nSPS) is 13.3. The van der Waals surface area contributed by atoms with Crippen LogP contribution in [0.3, 0.4) is 0 Å². The third-order valence-electron chi connectivity index (χ3n) is 4.02. The minimum absolute atomic E-state index is 0.0500. The van der Waals surface area contributed by atoms with Gasteiger partial charge < -0.3 is 10.1 Å². The van der Waals surface area contributed by atoms with E-state index in [-0.39, 0.29) is 11.9 Å². The average Bonchev–Trinajstić information content (AvgIpc) is 2.49. The Labute approximate surface area is 138 Å². The van der Waals surface area contributed by atoms with Crippen LogP contribution in [0.25, 0.3) is 0 Å². The molecule has 3 nitrogen and oxygen atoms in total. The van der Waals surface area contributed by atoms with Crippen LogP contribution in [-0.2, 0) is 4.79 Å². The predicted molar refractivity (Wildman–Crippen MR) is 93.7 cm³/mol. The molecule has 0 fully saturated rings. The Kier molecular flexibility index (Phi) is 5.43. The maximum Gasteiger partial charge on any atom is 0.261 e. The smallest absolute Gasteiger partial charge is 0.261 e. The third kappa shape index (κ3) is 4.35. The number of rotatable bonds is 5. The summed E-state index contributed by atoms with van der Waals surface area (Å²) >= 11 is 0. The van der Waals surface area contributed by atoms with E-state index in [0.29, 0.717) is 0 Å². The summed E-state index contributed by atoms with van der Waals surface area (Å²) in [5.41, 5.74) is 4.56. The number of aryl methyl sites for hydroxylation is 3. The van der Waals surface area contributed by atoms with Crippen molar-refractivity contribution in [3.8, 4) is 5.75 Å². The molecule has 0 spiro atoms. The molecule has 1 N–H and O–H groups in total. The average molecular weight is 311 g/mol. The van der Waals surface area contributed by atoms with Gasteiger partial charge in [-0.25, -0.2) is 0 Å². The van der Waals surface area contributed by atoms with E-state index >= 15 is 0 Å². The first-order chi connectivity index (χ1) is 10.9. The maximum absolute atomic E-state index is 12.4. The molecule has 0 saturated carbocycles. The van der Waals surface area contributed by atoms with Crippen molar-refractivity contribution in [1.29, 1.82) is 0 Å². The van der Waals surface area contributed by atoms with Crippen molar-refractivity contribution in [2.75, 3.05) is 0 Å². The van der Waals surface area contributed by atoms with Gasteiger partial charge in [-0.2, -0.15) is 0 Å². The van der Waals surface area contributed by atoms with Crippen LogP contribution in [0.5, 0.6) is 5.75 Å². The van der Waals surface area contributed by atoms with Crippen molar-refractivity contribution in [3.63, 3.8) is 0 Å². The van der Waals surface area contributed by atoms with Crippen LogP contribution in [0.2, 0.25) is 0 Å². The number of ether oxygens (including phenoxy) is 1. The third-order valence-corrected chi connectivity index (χ3v) is 4.02. The molecule has 2 rings (SSSR count). The molecule has 0 aromatic heterocycles. The second-order valence-corrected chi connectivity index (χ2v) is 6.12. The van der Waals surface area contributed by atoms with Crippen LogP contribution in [0.1, 0.15) is 42.1 Å². The zero-order valence-electron chi connectivity index (χ0n) is 14.5. The number of carbonyl (C=O) groups excluding carboxylic acids is 1. The lowest BCUT2D eigenvalue weighted by molar-refractivity contribution is -0.127. The minimum atomic E-state index is -0.538. The van der Waals surface area contributed by atoms with E-state index in [1.807, 2.05) is 38.1 Å². The van der Waals surface area contributed by atoms with Gasteiger partial charge >= 0.3 is 0 Å². The van der Waals surface area contributed by atoms with Gasteiger partial charge in [0, 0.05) is 0 Å². The minimum Gasteiger partial charge on any atom is -0.481 e. The van der Waals surface area contributed by atoms with E-state index in [4.69, 9.17) is 4.74 Å². The highest BCUT2D eigenvalue weighted by Crippen LogP contribution is 2.20. The number of carbonyl (C=O) groups is 1. The van der Waals surface area contributed by atoms with Crippen molar-refractivity contribution < 1.29 is 9.53 Å². The van der Waals surface area contributed by atoms with Gasteiger partial charge in [0.25, 0.3) is 5.91 Å². The second kappa shape index (κ2) is 7.32. The zero-order valence-corrected chi connectivity index (χ0v) is 14.5. The summed E-state index contributed by atoms with van der Waals surface area (Å²) in [4.78, 5) is 12.4. The molecule has 2 aromatic rings. The summed E-state index contributed by atoms with van der Waals surface area (Å²) < 4.78 is 5.78. The number of para-hydroxylation sites is 1. The van der Waals surface area contributed by atoms with Crippen molar-refractivity contribution in [2.24, 2.45) is 0 Å². The van der Waals surface area contributed by atoms with Gasteiger partial charge in [-0.1, -0.05) is 42.0 Å². The van der Waals surface area contributed by atoms with Crippen LogP contribution in [0, 0.1) is 20.8 Å². The quantitative estimate of drug-likeness (QED) is 0.896. The summed E-state index contributed by atoms with van der Waals surface area (Å²) in [6, 6.07) is 13.9. The Morgan fingerprint density at radius 2 is 1.70 bits per heavy atom. The standard InChI is InChI=1S/C20H25NO2/c1-13-10-11-18(15(3)12-13)16(4)21-20(22)17(5)23-19-9-7-6-8-14(19)2/h6-12,16-17H,1-5H3,(H,21,22)/t16-,17+/m0/s1. The van der Waals surface area contributed by atoms with E-state index in [9.17, 15) is 4.79 Å². The number of nitrogens with one attached hydrogen (secondary N) is 1. The molecule has 0 bridgehead atoms. The largest absolute Gasteiger partial charge is 0.481 e. The Hall–Kier alpha value is -2.29. The SMILES string of the molecule is Cc1ccc([C@H](C)NC(=O)[C@@H](C)Oc2ccccc2C)c(C)c1. The number of benzene rings is 2. The van der Waals surface area contributed by atoms with Crippen LogP contribution >= 0.6 is 0 Å². The molecule has 2 atom stereocenters. The number of hydrogen-bond acceptors (Lipinski definition) is 2. The van der Waals surface area contributed by atoms with Crippen LogP contribution in [0.4, 0.5) is 0 Å². The van der Waals surface area contributed by atoms with Gasteiger partial charge in [0.15, 0.2) is 6.10 Å². The number of hydrogen-bond donors (Lipinski definition) is 1. The summed E-state index contributed by atoms with van der Waals surface area (Å²) in [7, 11) is 0. The molecule has 0 aliphatic heterocycles.